The van der Waals surface area contributed by atoms with Crippen LogP contribution < -0.4 is 5.73 Å². The Morgan fingerprint density at radius 3 is 2.48 bits per heavy atom. The number of halogens is 3. The van der Waals surface area contributed by atoms with Gasteiger partial charge in [0.2, 0.25) is 0 Å². The van der Waals surface area contributed by atoms with Gasteiger partial charge in [-0.3, -0.25) is 0 Å². The van der Waals surface area contributed by atoms with E-state index in [1.807, 2.05) is 12.1 Å². The van der Waals surface area contributed by atoms with Crippen molar-refractivity contribution in [2.45, 2.75) is 6.92 Å². The maximum absolute atomic E-state index is 13.7. The molecule has 0 saturated heterocycles. The summed E-state index contributed by atoms with van der Waals surface area (Å²) in [5.74, 6) is -1.94. The number of nitrogens with two attached hydrogens (primary N) is 1. The Balaban J connectivity index is 2.34. The minimum absolute atomic E-state index is 0.0165. The number of rotatable bonds is 2. The lowest BCUT2D eigenvalue weighted by Gasteiger charge is -2.15. The summed E-state index contributed by atoms with van der Waals surface area (Å²) in [6, 6.07) is 12.5. The third kappa shape index (κ3) is 3.04. The molecular weight excluding hydrogens is 344 g/mol. The molecule has 0 aliphatic rings. The molecule has 25 heavy (non-hydrogen) atoms. The van der Waals surface area contributed by atoms with E-state index >= 15 is 0 Å². The van der Waals surface area contributed by atoms with Gasteiger partial charge in [-0.2, -0.15) is 5.26 Å². The fourth-order valence-electron chi connectivity index (χ4n) is 2.74. The molecule has 3 rings (SSSR count). The number of nitrogen functional groups attached to an aromatic ring is 1. The molecule has 0 atom stereocenters. The summed E-state index contributed by atoms with van der Waals surface area (Å²) in [6.45, 7) is 1.75. The van der Waals surface area contributed by atoms with Crippen molar-refractivity contribution in [2.24, 2.45) is 0 Å². The highest BCUT2D eigenvalue weighted by molar-refractivity contribution is 6.30. The summed E-state index contributed by atoms with van der Waals surface area (Å²) < 4.78 is 27.0. The molecule has 1 heterocycles. The molecule has 0 aliphatic heterocycles. The Hall–Kier alpha value is -2.97. The van der Waals surface area contributed by atoms with Crippen molar-refractivity contribution in [1.82, 2.24) is 4.98 Å². The van der Waals surface area contributed by atoms with Gasteiger partial charge in [-0.15, -0.1) is 0 Å². The Kier molecular flexibility index (Phi) is 4.39. The van der Waals surface area contributed by atoms with Gasteiger partial charge < -0.3 is 5.73 Å². The molecule has 0 amide bonds. The fourth-order valence-corrected chi connectivity index (χ4v) is 2.93. The van der Waals surface area contributed by atoms with Crippen LogP contribution in [0.2, 0.25) is 5.02 Å². The summed E-state index contributed by atoms with van der Waals surface area (Å²) in [6.07, 6.45) is 0. The fraction of sp³-hybridized carbons (Fsp3) is 0.0526. The molecule has 0 saturated carbocycles. The summed E-state index contributed by atoms with van der Waals surface area (Å²) >= 11 is 6.04. The lowest BCUT2D eigenvalue weighted by atomic mass is 9.93. The van der Waals surface area contributed by atoms with Gasteiger partial charge in [-0.25, -0.2) is 13.8 Å². The van der Waals surface area contributed by atoms with Crippen LogP contribution in [0.3, 0.4) is 0 Å². The Labute approximate surface area is 148 Å². The second-order valence-corrected chi connectivity index (χ2v) is 5.91. The number of nitrogens with zero attached hydrogens (tertiary/aromatic N) is 2. The molecular formula is C19H12ClF2N3. The standard InChI is InChI=1S/C19H12ClF2N3/c1-10-17(11-5-6-15(21)16(22)8-11)14(9-23)19(24)25-18(10)12-3-2-4-13(20)7-12/h2-8H,1H3,(H2,24,25). The second-order valence-electron chi connectivity index (χ2n) is 5.47. The maximum atomic E-state index is 13.7. The maximum Gasteiger partial charge on any atom is 0.159 e. The third-order valence-corrected chi connectivity index (χ3v) is 4.12. The highest BCUT2D eigenvalue weighted by Gasteiger charge is 2.19. The van der Waals surface area contributed by atoms with Gasteiger partial charge in [-0.05, 0) is 42.3 Å². The Morgan fingerprint density at radius 1 is 1.08 bits per heavy atom. The predicted molar refractivity (Wildman–Crippen MR) is 93.9 cm³/mol. The normalized spacial score (nSPS) is 10.5. The van der Waals surface area contributed by atoms with E-state index in [2.05, 4.69) is 4.98 Å². The van der Waals surface area contributed by atoms with Crippen molar-refractivity contribution in [3.63, 3.8) is 0 Å². The van der Waals surface area contributed by atoms with Crippen molar-refractivity contribution in [2.75, 3.05) is 5.73 Å². The molecule has 1 aromatic heterocycles. The van der Waals surface area contributed by atoms with E-state index in [1.165, 1.54) is 6.07 Å². The highest BCUT2D eigenvalue weighted by atomic mass is 35.5. The van der Waals surface area contributed by atoms with E-state index in [0.717, 1.165) is 12.1 Å². The van der Waals surface area contributed by atoms with Crippen LogP contribution in [0.15, 0.2) is 42.5 Å². The van der Waals surface area contributed by atoms with Crippen LogP contribution in [0.25, 0.3) is 22.4 Å². The highest BCUT2D eigenvalue weighted by Crippen LogP contribution is 2.36. The van der Waals surface area contributed by atoms with Gasteiger partial charge in [0.15, 0.2) is 11.6 Å². The van der Waals surface area contributed by atoms with Crippen LogP contribution in [-0.2, 0) is 0 Å². The molecule has 3 nitrogen and oxygen atoms in total. The van der Waals surface area contributed by atoms with E-state index in [0.29, 0.717) is 33.0 Å². The monoisotopic (exact) mass is 355 g/mol. The van der Waals surface area contributed by atoms with Crippen molar-refractivity contribution >= 4 is 17.4 Å². The van der Waals surface area contributed by atoms with Gasteiger partial charge >= 0.3 is 0 Å². The first-order valence-corrected chi connectivity index (χ1v) is 7.71. The molecule has 2 N–H and O–H groups in total. The van der Waals surface area contributed by atoms with Crippen LogP contribution in [0.4, 0.5) is 14.6 Å². The topological polar surface area (TPSA) is 62.7 Å². The lowest BCUT2D eigenvalue weighted by Crippen LogP contribution is -2.03. The summed E-state index contributed by atoms with van der Waals surface area (Å²) in [5.41, 5.74) is 8.70. The minimum Gasteiger partial charge on any atom is -0.383 e. The average Bonchev–Trinajstić information content (AvgIpc) is 2.58. The molecule has 124 valence electrons. The number of hydrogen-bond donors (Lipinski definition) is 1. The van der Waals surface area contributed by atoms with Gasteiger partial charge in [-0.1, -0.05) is 29.8 Å². The first-order valence-electron chi connectivity index (χ1n) is 7.34. The number of aromatic nitrogens is 1. The SMILES string of the molecule is Cc1c(-c2cccc(Cl)c2)nc(N)c(C#N)c1-c1ccc(F)c(F)c1. The van der Waals surface area contributed by atoms with Gasteiger partial charge in [0, 0.05) is 16.1 Å². The van der Waals surface area contributed by atoms with Crippen molar-refractivity contribution in [1.29, 1.82) is 5.26 Å². The Morgan fingerprint density at radius 2 is 1.84 bits per heavy atom. The largest absolute Gasteiger partial charge is 0.383 e. The average molecular weight is 356 g/mol. The first-order chi connectivity index (χ1) is 11.9. The summed E-state index contributed by atoms with van der Waals surface area (Å²) in [4.78, 5) is 4.31. The van der Waals surface area contributed by atoms with Crippen LogP contribution in [-0.4, -0.2) is 4.98 Å². The molecule has 0 unspecified atom stereocenters. The van der Waals surface area contributed by atoms with Gasteiger partial charge in [0.25, 0.3) is 0 Å². The number of anilines is 1. The van der Waals surface area contributed by atoms with Crippen LogP contribution in [0, 0.1) is 29.9 Å². The smallest absolute Gasteiger partial charge is 0.159 e. The van der Waals surface area contributed by atoms with Gasteiger partial charge in [0.1, 0.15) is 17.5 Å². The Bertz CT molecular complexity index is 1030. The van der Waals surface area contributed by atoms with Crippen LogP contribution >= 0.6 is 11.6 Å². The molecule has 0 aliphatic carbocycles. The van der Waals surface area contributed by atoms with Crippen LogP contribution in [0.5, 0.6) is 0 Å². The molecule has 6 heteroatoms. The van der Waals surface area contributed by atoms with Crippen molar-refractivity contribution in [3.8, 4) is 28.5 Å². The number of nitriles is 1. The quantitative estimate of drug-likeness (QED) is 0.694. The zero-order valence-corrected chi connectivity index (χ0v) is 13.9. The second kappa shape index (κ2) is 6.50. The number of hydrogen-bond acceptors (Lipinski definition) is 3. The lowest BCUT2D eigenvalue weighted by molar-refractivity contribution is 0.509. The number of benzene rings is 2. The predicted octanol–water partition coefficient (Wildman–Crippen LogP) is 5.11. The van der Waals surface area contributed by atoms with E-state index in [-0.39, 0.29) is 11.4 Å². The van der Waals surface area contributed by atoms with Crippen LogP contribution in [0.1, 0.15) is 11.1 Å². The zero-order chi connectivity index (χ0) is 18.1. The van der Waals surface area contributed by atoms with E-state index in [9.17, 15) is 14.0 Å². The van der Waals surface area contributed by atoms with E-state index < -0.39 is 11.6 Å². The van der Waals surface area contributed by atoms with E-state index in [1.54, 1.807) is 25.1 Å². The van der Waals surface area contributed by atoms with E-state index in [4.69, 9.17) is 17.3 Å². The van der Waals surface area contributed by atoms with Crippen molar-refractivity contribution < 1.29 is 8.78 Å². The molecule has 0 bridgehead atoms. The summed E-state index contributed by atoms with van der Waals surface area (Å²) in [5, 5.41) is 9.98. The summed E-state index contributed by atoms with van der Waals surface area (Å²) in [7, 11) is 0. The molecule has 0 fully saturated rings. The number of pyridine rings is 1. The third-order valence-electron chi connectivity index (χ3n) is 3.89. The molecule has 0 radical (unpaired) electrons. The first kappa shape index (κ1) is 16.9. The van der Waals surface area contributed by atoms with Gasteiger partial charge in [0.05, 0.1) is 5.69 Å². The molecule has 0 spiro atoms. The van der Waals surface area contributed by atoms with Crippen molar-refractivity contribution in [3.05, 3.63) is 70.2 Å². The molecule has 2 aromatic carbocycles. The minimum atomic E-state index is -1.000. The zero-order valence-electron chi connectivity index (χ0n) is 13.1. The molecule has 3 aromatic rings.